The van der Waals surface area contributed by atoms with E-state index in [1.54, 1.807) is 30.3 Å². The van der Waals surface area contributed by atoms with Crippen molar-refractivity contribution in [3.63, 3.8) is 0 Å². The number of alkyl halides is 3. The second kappa shape index (κ2) is 5.66. The molecule has 0 saturated carbocycles. The maximum atomic E-state index is 12.5. The fourth-order valence-electron chi connectivity index (χ4n) is 2.13. The summed E-state index contributed by atoms with van der Waals surface area (Å²) in [5.41, 5.74) is 5.94. The molecule has 2 N–H and O–H groups in total. The van der Waals surface area contributed by atoms with Crippen LogP contribution in [0.3, 0.4) is 0 Å². The van der Waals surface area contributed by atoms with Crippen LogP contribution in [0.25, 0.3) is 0 Å². The van der Waals surface area contributed by atoms with Gasteiger partial charge >= 0.3 is 6.18 Å². The van der Waals surface area contributed by atoms with Crippen LogP contribution >= 0.6 is 0 Å². The number of rotatable bonds is 2. The van der Waals surface area contributed by atoms with Crippen molar-refractivity contribution in [2.24, 2.45) is 5.73 Å². The second-order valence-electron chi connectivity index (χ2n) is 4.65. The molecule has 2 rings (SSSR count). The van der Waals surface area contributed by atoms with E-state index in [9.17, 15) is 18.0 Å². The van der Waals surface area contributed by atoms with E-state index in [-0.39, 0.29) is 25.4 Å². The van der Waals surface area contributed by atoms with Gasteiger partial charge in [0, 0.05) is 18.7 Å². The van der Waals surface area contributed by atoms with Gasteiger partial charge in [0.05, 0.1) is 0 Å². The number of carbonyl (C=O) groups excluding carboxylic acids is 1. The van der Waals surface area contributed by atoms with Gasteiger partial charge in [-0.25, -0.2) is 0 Å². The topological polar surface area (TPSA) is 46.3 Å². The van der Waals surface area contributed by atoms with Gasteiger partial charge in [-0.3, -0.25) is 4.79 Å². The molecule has 0 aromatic heterocycles. The van der Waals surface area contributed by atoms with Crippen molar-refractivity contribution < 1.29 is 18.0 Å². The quantitative estimate of drug-likeness (QED) is 0.848. The molecule has 0 saturated heterocycles. The minimum absolute atomic E-state index is 0.0463. The highest BCUT2D eigenvalue weighted by molar-refractivity contribution is 5.83. The van der Waals surface area contributed by atoms with E-state index in [1.807, 2.05) is 0 Å². The van der Waals surface area contributed by atoms with Crippen LogP contribution < -0.4 is 5.73 Å². The first-order chi connectivity index (χ1) is 9.39. The predicted molar refractivity (Wildman–Crippen MR) is 68.7 cm³/mol. The van der Waals surface area contributed by atoms with E-state index in [2.05, 4.69) is 0 Å². The lowest BCUT2D eigenvalue weighted by molar-refractivity contribution is -0.133. The van der Waals surface area contributed by atoms with E-state index in [0.717, 1.165) is 6.08 Å². The summed E-state index contributed by atoms with van der Waals surface area (Å²) >= 11 is 0. The molecule has 1 aromatic rings. The number of hydrogen-bond donors (Lipinski definition) is 1. The molecule has 0 bridgehead atoms. The highest BCUT2D eigenvalue weighted by atomic mass is 19.4. The smallest absolute Gasteiger partial charge is 0.337 e. The molecule has 0 radical (unpaired) electrons. The Hall–Kier alpha value is -1.82. The van der Waals surface area contributed by atoms with Gasteiger partial charge in [-0.1, -0.05) is 36.4 Å². The Balaban J connectivity index is 2.04. The molecule has 1 aliphatic rings. The Morgan fingerprint density at radius 1 is 1.25 bits per heavy atom. The Bertz CT molecular complexity index is 511. The van der Waals surface area contributed by atoms with Crippen LogP contribution in [0.4, 0.5) is 13.2 Å². The van der Waals surface area contributed by atoms with E-state index in [0.29, 0.717) is 5.56 Å². The van der Waals surface area contributed by atoms with Crippen molar-refractivity contribution >= 4 is 5.91 Å². The van der Waals surface area contributed by atoms with Crippen LogP contribution in [-0.4, -0.2) is 30.1 Å². The average molecular weight is 284 g/mol. The molecule has 0 aliphatic carbocycles. The van der Waals surface area contributed by atoms with Crippen molar-refractivity contribution in [2.75, 3.05) is 13.1 Å². The van der Waals surface area contributed by atoms with Gasteiger partial charge in [0.25, 0.3) is 0 Å². The molecular weight excluding hydrogens is 269 g/mol. The molecule has 1 atom stereocenters. The molecule has 0 spiro atoms. The van der Waals surface area contributed by atoms with Gasteiger partial charge in [-0.2, -0.15) is 13.2 Å². The molecule has 1 aliphatic heterocycles. The third-order valence-electron chi connectivity index (χ3n) is 3.31. The molecule has 108 valence electrons. The van der Waals surface area contributed by atoms with Crippen molar-refractivity contribution in [2.45, 2.75) is 18.6 Å². The van der Waals surface area contributed by atoms with Crippen LogP contribution in [0.1, 0.15) is 18.0 Å². The Morgan fingerprint density at radius 2 is 1.90 bits per heavy atom. The van der Waals surface area contributed by atoms with Gasteiger partial charge in [0.1, 0.15) is 6.04 Å². The van der Waals surface area contributed by atoms with Crippen LogP contribution in [0.5, 0.6) is 0 Å². The molecule has 0 unspecified atom stereocenters. The molecule has 20 heavy (non-hydrogen) atoms. The maximum absolute atomic E-state index is 12.5. The van der Waals surface area contributed by atoms with E-state index in [4.69, 9.17) is 5.73 Å². The molecule has 6 heteroatoms. The number of benzene rings is 1. The fraction of sp³-hybridized carbons (Fsp3) is 0.357. The summed E-state index contributed by atoms with van der Waals surface area (Å²) in [6.07, 6.45) is -3.44. The number of amides is 1. The highest BCUT2D eigenvalue weighted by Gasteiger charge is 2.36. The Morgan fingerprint density at radius 3 is 2.40 bits per heavy atom. The first-order valence-electron chi connectivity index (χ1n) is 6.25. The fourth-order valence-corrected chi connectivity index (χ4v) is 2.13. The minimum Gasteiger partial charge on any atom is -0.337 e. The largest absolute Gasteiger partial charge is 0.412 e. The first-order valence-corrected chi connectivity index (χ1v) is 6.25. The molecule has 1 aromatic carbocycles. The first kappa shape index (κ1) is 14.6. The summed E-state index contributed by atoms with van der Waals surface area (Å²) in [5.74, 6) is -0.353. The molecule has 1 heterocycles. The van der Waals surface area contributed by atoms with E-state index >= 15 is 0 Å². The zero-order valence-corrected chi connectivity index (χ0v) is 10.7. The second-order valence-corrected chi connectivity index (χ2v) is 4.65. The lowest BCUT2D eigenvalue weighted by Crippen LogP contribution is -2.42. The third-order valence-corrected chi connectivity index (χ3v) is 3.31. The van der Waals surface area contributed by atoms with Crippen LogP contribution in [0.15, 0.2) is 42.0 Å². The van der Waals surface area contributed by atoms with Gasteiger partial charge in [0.2, 0.25) is 5.91 Å². The minimum atomic E-state index is -4.31. The Kier molecular flexibility index (Phi) is 4.13. The van der Waals surface area contributed by atoms with Crippen LogP contribution in [0.2, 0.25) is 0 Å². The molecule has 0 fully saturated rings. The summed E-state index contributed by atoms with van der Waals surface area (Å²) in [7, 11) is 0. The van der Waals surface area contributed by atoms with Gasteiger partial charge in [0.15, 0.2) is 0 Å². The van der Waals surface area contributed by atoms with Crippen LogP contribution in [-0.2, 0) is 4.79 Å². The van der Waals surface area contributed by atoms with Crippen molar-refractivity contribution in [3.8, 4) is 0 Å². The summed E-state index contributed by atoms with van der Waals surface area (Å²) < 4.78 is 37.5. The molecule has 1 amide bonds. The van der Waals surface area contributed by atoms with Crippen molar-refractivity contribution in [3.05, 3.63) is 47.5 Å². The average Bonchev–Trinajstić information content (AvgIpc) is 2.46. The zero-order chi connectivity index (χ0) is 14.8. The summed E-state index contributed by atoms with van der Waals surface area (Å²) in [6, 6.07) is 7.95. The SMILES string of the molecule is N[C@@H](C(=O)N1CC=C(C(F)(F)F)CC1)c1ccccc1. The van der Waals surface area contributed by atoms with Crippen molar-refractivity contribution in [1.29, 1.82) is 0 Å². The van der Waals surface area contributed by atoms with E-state index in [1.165, 1.54) is 4.90 Å². The van der Waals surface area contributed by atoms with Gasteiger partial charge in [-0.15, -0.1) is 0 Å². The number of nitrogens with two attached hydrogens (primary N) is 1. The summed E-state index contributed by atoms with van der Waals surface area (Å²) in [5, 5.41) is 0. The lowest BCUT2D eigenvalue weighted by atomic mass is 10.0. The number of nitrogens with zero attached hydrogens (tertiary/aromatic N) is 1. The van der Waals surface area contributed by atoms with Gasteiger partial charge < -0.3 is 10.6 Å². The maximum Gasteiger partial charge on any atom is 0.412 e. The number of halogens is 3. The summed E-state index contributed by atoms with van der Waals surface area (Å²) in [4.78, 5) is 13.5. The number of hydrogen-bond acceptors (Lipinski definition) is 2. The normalized spacial score (nSPS) is 17.6. The zero-order valence-electron chi connectivity index (χ0n) is 10.7. The molecular formula is C14H15F3N2O. The predicted octanol–water partition coefficient (Wildman–Crippen LogP) is 2.41. The van der Waals surface area contributed by atoms with E-state index < -0.39 is 17.8 Å². The lowest BCUT2D eigenvalue weighted by Gasteiger charge is -2.29. The third kappa shape index (κ3) is 3.19. The van der Waals surface area contributed by atoms with Crippen LogP contribution in [0, 0.1) is 0 Å². The Labute approximate surface area is 114 Å². The highest BCUT2D eigenvalue weighted by Crippen LogP contribution is 2.30. The standard InChI is InChI=1S/C14H15F3N2O/c15-14(16,17)11-6-8-19(9-7-11)13(20)12(18)10-4-2-1-3-5-10/h1-6,12H,7-9,18H2/t12-/m1/s1. The molecule has 3 nitrogen and oxygen atoms in total. The van der Waals surface area contributed by atoms with Crippen molar-refractivity contribution in [1.82, 2.24) is 4.90 Å². The summed E-state index contributed by atoms with van der Waals surface area (Å²) in [6.45, 7) is -0.00107. The van der Waals surface area contributed by atoms with Gasteiger partial charge in [-0.05, 0) is 12.0 Å². The number of carbonyl (C=O) groups is 1. The monoisotopic (exact) mass is 284 g/mol.